The van der Waals surface area contributed by atoms with Gasteiger partial charge in [0.1, 0.15) is 0 Å². The molecule has 72 valence electrons. The molecular weight excluding hydrogens is 189 g/mol. The zero-order chi connectivity index (χ0) is 10.3. The molecule has 4 N–H and O–H groups in total. The van der Waals surface area contributed by atoms with Crippen molar-refractivity contribution in [3.63, 3.8) is 0 Å². The third kappa shape index (κ3) is 11.1. The van der Waals surface area contributed by atoms with Gasteiger partial charge in [-0.15, -0.1) is 0 Å². The Morgan fingerprint density at radius 3 is 1.92 bits per heavy atom. The fraction of sp³-hybridized carbons (Fsp3) is 0. The van der Waals surface area contributed by atoms with Crippen LogP contribution in [0.25, 0.3) is 6.08 Å². The SMILES string of the molecule is C=Cc1ccccc1.NP(=O)(O)O. The minimum atomic E-state index is -4.14. The van der Waals surface area contributed by atoms with Gasteiger partial charge in [-0.1, -0.05) is 43.0 Å². The van der Waals surface area contributed by atoms with Crippen LogP contribution in [-0.2, 0) is 4.57 Å². The fourth-order valence-electron chi connectivity index (χ4n) is 0.589. The molecule has 5 heteroatoms. The zero-order valence-electron chi connectivity index (χ0n) is 7.00. The molecule has 0 aliphatic heterocycles. The lowest BCUT2D eigenvalue weighted by molar-refractivity contribution is 0.374. The van der Waals surface area contributed by atoms with Crippen LogP contribution >= 0.6 is 7.75 Å². The minimum Gasteiger partial charge on any atom is -0.313 e. The maximum atomic E-state index is 9.10. The van der Waals surface area contributed by atoms with Crippen molar-refractivity contribution in [2.45, 2.75) is 0 Å². The van der Waals surface area contributed by atoms with E-state index >= 15 is 0 Å². The summed E-state index contributed by atoms with van der Waals surface area (Å²) in [5.41, 5.74) is 5.19. The Morgan fingerprint density at radius 2 is 1.69 bits per heavy atom. The smallest absolute Gasteiger partial charge is 0.313 e. The van der Waals surface area contributed by atoms with E-state index in [4.69, 9.17) is 14.4 Å². The van der Waals surface area contributed by atoms with Crippen LogP contribution in [0.4, 0.5) is 0 Å². The van der Waals surface area contributed by atoms with E-state index in [9.17, 15) is 0 Å². The quantitative estimate of drug-likeness (QED) is 0.599. The largest absolute Gasteiger partial charge is 0.397 e. The van der Waals surface area contributed by atoms with E-state index in [0.29, 0.717) is 0 Å². The number of benzene rings is 1. The lowest BCUT2D eigenvalue weighted by Crippen LogP contribution is -1.87. The summed E-state index contributed by atoms with van der Waals surface area (Å²) in [7, 11) is -4.14. The molecule has 0 fully saturated rings. The Kier molecular flexibility index (Phi) is 5.26. The highest BCUT2D eigenvalue weighted by atomic mass is 31.2. The normalized spacial score (nSPS) is 9.77. The summed E-state index contributed by atoms with van der Waals surface area (Å²) in [6.45, 7) is 3.63. The summed E-state index contributed by atoms with van der Waals surface area (Å²) in [6.07, 6.45) is 1.83. The standard InChI is InChI=1S/C8H8.H4NO3P/c1-2-8-6-4-3-5-7-8;1-5(2,3)4/h2-7H,1H2;(H4,1,2,3,4). The molecule has 0 aliphatic carbocycles. The molecule has 1 rings (SSSR count). The Labute approximate surface area is 76.9 Å². The molecule has 0 spiro atoms. The lowest BCUT2D eigenvalue weighted by Gasteiger charge is -1.85. The molecule has 1 aromatic carbocycles. The fourth-order valence-corrected chi connectivity index (χ4v) is 0.589. The molecule has 1 aromatic rings. The summed E-state index contributed by atoms with van der Waals surface area (Å²) in [4.78, 5) is 14.8. The Morgan fingerprint density at radius 1 is 1.31 bits per heavy atom. The second-order valence-electron chi connectivity index (χ2n) is 2.20. The molecular formula is C8H12NO3P. The molecule has 0 aliphatic rings. The van der Waals surface area contributed by atoms with E-state index in [0.717, 1.165) is 0 Å². The zero-order valence-corrected chi connectivity index (χ0v) is 7.89. The van der Waals surface area contributed by atoms with Gasteiger partial charge in [0.2, 0.25) is 0 Å². The monoisotopic (exact) mass is 201 g/mol. The second-order valence-corrected chi connectivity index (χ2v) is 3.38. The molecule has 0 saturated heterocycles. The van der Waals surface area contributed by atoms with Crippen LogP contribution in [0, 0.1) is 0 Å². The number of hydrogen-bond acceptors (Lipinski definition) is 1. The van der Waals surface area contributed by atoms with Crippen molar-refractivity contribution in [3.8, 4) is 0 Å². The molecule has 4 nitrogen and oxygen atoms in total. The summed E-state index contributed by atoms with van der Waals surface area (Å²) in [6, 6.07) is 10.0. The van der Waals surface area contributed by atoms with Gasteiger partial charge in [0.05, 0.1) is 0 Å². The molecule has 0 unspecified atom stereocenters. The van der Waals surface area contributed by atoms with E-state index in [1.807, 2.05) is 36.4 Å². The van der Waals surface area contributed by atoms with Gasteiger partial charge in [0.15, 0.2) is 0 Å². The van der Waals surface area contributed by atoms with E-state index in [2.05, 4.69) is 12.1 Å². The topological polar surface area (TPSA) is 83.6 Å². The summed E-state index contributed by atoms with van der Waals surface area (Å²) >= 11 is 0. The molecule has 0 heterocycles. The van der Waals surface area contributed by atoms with E-state index in [1.165, 1.54) is 5.56 Å². The van der Waals surface area contributed by atoms with Crippen molar-refractivity contribution >= 4 is 13.8 Å². The van der Waals surface area contributed by atoms with Gasteiger partial charge in [-0.3, -0.25) is 0 Å². The highest BCUT2D eigenvalue weighted by Crippen LogP contribution is 2.20. The van der Waals surface area contributed by atoms with Gasteiger partial charge in [-0.05, 0) is 5.56 Å². The Bertz CT molecular complexity index is 285. The van der Waals surface area contributed by atoms with Crippen molar-refractivity contribution in [1.82, 2.24) is 0 Å². The van der Waals surface area contributed by atoms with Gasteiger partial charge < -0.3 is 9.79 Å². The maximum absolute atomic E-state index is 9.10. The van der Waals surface area contributed by atoms with Gasteiger partial charge in [0.25, 0.3) is 0 Å². The summed E-state index contributed by atoms with van der Waals surface area (Å²) in [5.74, 6) is 0. The van der Waals surface area contributed by atoms with E-state index < -0.39 is 7.75 Å². The van der Waals surface area contributed by atoms with Gasteiger partial charge >= 0.3 is 7.75 Å². The van der Waals surface area contributed by atoms with Crippen LogP contribution in [0.2, 0.25) is 0 Å². The predicted molar refractivity (Wildman–Crippen MR) is 52.8 cm³/mol. The average molecular weight is 201 g/mol. The average Bonchev–Trinajstić information content (AvgIpc) is 2.03. The summed E-state index contributed by atoms with van der Waals surface area (Å²) in [5, 5.41) is 0. The highest BCUT2D eigenvalue weighted by Gasteiger charge is 1.96. The van der Waals surface area contributed by atoms with Crippen LogP contribution in [0.15, 0.2) is 36.9 Å². The first kappa shape index (κ1) is 12.1. The second kappa shape index (κ2) is 5.67. The van der Waals surface area contributed by atoms with E-state index in [1.54, 1.807) is 0 Å². The summed E-state index contributed by atoms with van der Waals surface area (Å²) < 4.78 is 9.10. The van der Waals surface area contributed by atoms with E-state index in [-0.39, 0.29) is 0 Å². The van der Waals surface area contributed by atoms with Gasteiger partial charge in [-0.2, -0.15) is 0 Å². The number of rotatable bonds is 1. The molecule has 0 radical (unpaired) electrons. The van der Waals surface area contributed by atoms with Crippen LogP contribution in [0.1, 0.15) is 5.56 Å². The molecule has 13 heavy (non-hydrogen) atoms. The maximum Gasteiger partial charge on any atom is 0.397 e. The first-order valence-corrected chi connectivity index (χ1v) is 5.13. The van der Waals surface area contributed by atoms with Crippen molar-refractivity contribution in [2.75, 3.05) is 0 Å². The van der Waals surface area contributed by atoms with Crippen LogP contribution < -0.4 is 5.50 Å². The Balaban J connectivity index is 0.000000252. The molecule has 0 aromatic heterocycles. The Hall–Kier alpha value is -0.930. The minimum absolute atomic E-state index is 1.17. The highest BCUT2D eigenvalue weighted by molar-refractivity contribution is 7.49. The van der Waals surface area contributed by atoms with Crippen molar-refractivity contribution < 1.29 is 14.4 Å². The first-order valence-electron chi connectivity index (χ1n) is 3.45. The van der Waals surface area contributed by atoms with Gasteiger partial charge in [0, 0.05) is 0 Å². The molecule has 0 atom stereocenters. The van der Waals surface area contributed by atoms with Crippen molar-refractivity contribution in [1.29, 1.82) is 0 Å². The van der Waals surface area contributed by atoms with Gasteiger partial charge in [-0.25, -0.2) is 10.1 Å². The van der Waals surface area contributed by atoms with Crippen LogP contribution in [0.3, 0.4) is 0 Å². The van der Waals surface area contributed by atoms with Crippen molar-refractivity contribution in [3.05, 3.63) is 42.5 Å². The van der Waals surface area contributed by atoms with Crippen LogP contribution in [0.5, 0.6) is 0 Å². The molecule has 0 amide bonds. The third-order valence-corrected chi connectivity index (χ3v) is 1.04. The van der Waals surface area contributed by atoms with Crippen molar-refractivity contribution in [2.24, 2.45) is 5.50 Å². The van der Waals surface area contributed by atoms with Crippen LogP contribution in [-0.4, -0.2) is 9.79 Å². The lowest BCUT2D eigenvalue weighted by atomic mass is 10.2. The number of hydrogen-bond donors (Lipinski definition) is 3. The molecule has 0 bridgehead atoms. The number of nitrogens with two attached hydrogens (primary N) is 1. The molecule has 0 saturated carbocycles. The first-order chi connectivity index (χ1) is 5.93. The third-order valence-electron chi connectivity index (χ3n) is 1.04. The predicted octanol–water partition coefficient (Wildman–Crippen LogP) is 1.37.